The SMILES string of the molecule is Nc1c[nH]c2c(=O)cc[nH]c12. The van der Waals surface area contributed by atoms with Crippen LogP contribution in [0.1, 0.15) is 0 Å². The Hall–Kier alpha value is -1.71. The van der Waals surface area contributed by atoms with Crippen molar-refractivity contribution < 1.29 is 0 Å². The Balaban J connectivity index is 3.06. The zero-order valence-electron chi connectivity index (χ0n) is 5.72. The molecule has 2 aromatic heterocycles. The maximum atomic E-state index is 11.1. The molecule has 0 amide bonds. The van der Waals surface area contributed by atoms with Crippen molar-refractivity contribution in [3.63, 3.8) is 0 Å². The molecule has 0 fully saturated rings. The second kappa shape index (κ2) is 1.88. The van der Waals surface area contributed by atoms with Crippen LogP contribution in [0.3, 0.4) is 0 Å². The number of rotatable bonds is 0. The van der Waals surface area contributed by atoms with Gasteiger partial charge in [-0.2, -0.15) is 0 Å². The molecule has 56 valence electrons. The molecule has 0 saturated carbocycles. The molecule has 0 spiro atoms. The Morgan fingerprint density at radius 2 is 2.09 bits per heavy atom. The highest BCUT2D eigenvalue weighted by Gasteiger charge is 2.01. The maximum Gasteiger partial charge on any atom is 0.205 e. The molecule has 0 unspecified atom stereocenters. The summed E-state index contributed by atoms with van der Waals surface area (Å²) in [5.41, 5.74) is 7.28. The fraction of sp³-hybridized carbons (Fsp3) is 0. The van der Waals surface area contributed by atoms with Gasteiger partial charge in [-0.15, -0.1) is 0 Å². The molecule has 2 rings (SSSR count). The van der Waals surface area contributed by atoms with E-state index in [1.165, 1.54) is 6.07 Å². The van der Waals surface area contributed by atoms with Crippen molar-refractivity contribution in [2.24, 2.45) is 0 Å². The van der Waals surface area contributed by atoms with Crippen LogP contribution in [-0.2, 0) is 0 Å². The molecule has 11 heavy (non-hydrogen) atoms. The molecule has 0 radical (unpaired) electrons. The van der Waals surface area contributed by atoms with E-state index in [-0.39, 0.29) is 5.43 Å². The van der Waals surface area contributed by atoms with Crippen molar-refractivity contribution in [3.05, 3.63) is 28.7 Å². The predicted molar refractivity (Wildman–Crippen MR) is 43.3 cm³/mol. The summed E-state index contributed by atoms with van der Waals surface area (Å²) in [6.45, 7) is 0. The molecule has 4 nitrogen and oxygen atoms in total. The number of pyridine rings is 1. The number of hydrogen-bond acceptors (Lipinski definition) is 2. The molecule has 0 aromatic carbocycles. The maximum absolute atomic E-state index is 11.1. The number of hydrogen-bond donors (Lipinski definition) is 3. The fourth-order valence-electron chi connectivity index (χ4n) is 1.07. The van der Waals surface area contributed by atoms with Crippen LogP contribution >= 0.6 is 0 Å². The second-order valence-corrected chi connectivity index (χ2v) is 2.34. The van der Waals surface area contributed by atoms with Gasteiger partial charge in [-0.3, -0.25) is 4.79 Å². The van der Waals surface area contributed by atoms with Gasteiger partial charge in [0.2, 0.25) is 5.43 Å². The van der Waals surface area contributed by atoms with Gasteiger partial charge in [0.1, 0.15) is 5.52 Å². The van der Waals surface area contributed by atoms with Crippen molar-refractivity contribution in [1.29, 1.82) is 0 Å². The molecule has 0 aliphatic carbocycles. The number of aromatic nitrogens is 2. The largest absolute Gasteiger partial charge is 0.396 e. The van der Waals surface area contributed by atoms with Crippen LogP contribution in [0.2, 0.25) is 0 Å². The van der Waals surface area contributed by atoms with Crippen molar-refractivity contribution in [2.75, 3.05) is 5.73 Å². The number of nitrogen functional groups attached to an aromatic ring is 1. The minimum absolute atomic E-state index is 0.0459. The summed E-state index contributed by atoms with van der Waals surface area (Å²) in [6.07, 6.45) is 3.18. The Morgan fingerprint density at radius 1 is 1.27 bits per heavy atom. The predicted octanol–water partition coefficient (Wildman–Crippen LogP) is 0.438. The van der Waals surface area contributed by atoms with Crippen LogP contribution in [0.4, 0.5) is 5.69 Å². The number of nitrogens with one attached hydrogen (secondary N) is 2. The summed E-state index contributed by atoms with van der Waals surface area (Å²) < 4.78 is 0. The highest BCUT2D eigenvalue weighted by Crippen LogP contribution is 2.12. The first-order valence-corrected chi connectivity index (χ1v) is 3.23. The third-order valence-corrected chi connectivity index (χ3v) is 1.62. The molecule has 0 bridgehead atoms. The van der Waals surface area contributed by atoms with E-state index < -0.39 is 0 Å². The number of H-pyrrole nitrogens is 2. The molecule has 0 atom stereocenters. The summed E-state index contributed by atoms with van der Waals surface area (Å²) in [5, 5.41) is 0. The molecular weight excluding hydrogens is 142 g/mol. The molecule has 0 saturated heterocycles. The summed E-state index contributed by atoms with van der Waals surface area (Å²) in [4.78, 5) is 16.8. The van der Waals surface area contributed by atoms with E-state index in [0.29, 0.717) is 16.7 Å². The number of aromatic amines is 2. The first-order chi connectivity index (χ1) is 5.29. The summed E-state index contributed by atoms with van der Waals surface area (Å²) in [5.74, 6) is 0. The van der Waals surface area contributed by atoms with Gasteiger partial charge >= 0.3 is 0 Å². The van der Waals surface area contributed by atoms with Gasteiger partial charge in [-0.05, 0) is 0 Å². The van der Waals surface area contributed by atoms with Crippen LogP contribution in [0.15, 0.2) is 23.3 Å². The van der Waals surface area contributed by atoms with E-state index in [1.807, 2.05) is 0 Å². The Kier molecular flexibility index (Phi) is 1.03. The standard InChI is InChI=1S/C7H7N3O/c8-4-3-10-7-5(11)1-2-9-6(4)7/h1-3,10H,8H2,(H,9,11). The minimum Gasteiger partial charge on any atom is -0.396 e. The molecule has 4 N–H and O–H groups in total. The van der Waals surface area contributed by atoms with E-state index >= 15 is 0 Å². The van der Waals surface area contributed by atoms with Crippen molar-refractivity contribution in [2.45, 2.75) is 0 Å². The minimum atomic E-state index is -0.0459. The van der Waals surface area contributed by atoms with E-state index in [4.69, 9.17) is 5.73 Å². The van der Waals surface area contributed by atoms with Crippen LogP contribution < -0.4 is 11.2 Å². The van der Waals surface area contributed by atoms with Crippen molar-refractivity contribution >= 4 is 16.7 Å². The number of fused-ring (bicyclic) bond motifs is 1. The third-order valence-electron chi connectivity index (χ3n) is 1.62. The van der Waals surface area contributed by atoms with Gasteiger partial charge in [0, 0.05) is 18.5 Å². The van der Waals surface area contributed by atoms with Gasteiger partial charge in [-0.1, -0.05) is 0 Å². The third kappa shape index (κ3) is 0.724. The topological polar surface area (TPSA) is 74.7 Å². The summed E-state index contributed by atoms with van der Waals surface area (Å²) in [7, 11) is 0. The number of nitrogens with two attached hydrogens (primary N) is 1. The Morgan fingerprint density at radius 3 is 2.82 bits per heavy atom. The van der Waals surface area contributed by atoms with Gasteiger partial charge in [0.05, 0.1) is 11.2 Å². The quantitative estimate of drug-likeness (QED) is 0.508. The van der Waals surface area contributed by atoms with E-state index in [0.717, 1.165) is 0 Å². The Labute approximate surface area is 62.0 Å². The molecular formula is C7H7N3O. The first kappa shape index (κ1) is 6.03. The highest BCUT2D eigenvalue weighted by atomic mass is 16.1. The zero-order valence-corrected chi connectivity index (χ0v) is 5.72. The second-order valence-electron chi connectivity index (χ2n) is 2.34. The van der Waals surface area contributed by atoms with Gasteiger partial charge in [0.25, 0.3) is 0 Å². The van der Waals surface area contributed by atoms with Gasteiger partial charge in [0.15, 0.2) is 0 Å². The van der Waals surface area contributed by atoms with E-state index in [9.17, 15) is 4.79 Å². The smallest absolute Gasteiger partial charge is 0.205 e. The van der Waals surface area contributed by atoms with Gasteiger partial charge in [-0.25, -0.2) is 0 Å². The zero-order chi connectivity index (χ0) is 7.84. The highest BCUT2D eigenvalue weighted by molar-refractivity contribution is 5.86. The van der Waals surface area contributed by atoms with E-state index in [1.54, 1.807) is 12.4 Å². The monoisotopic (exact) mass is 149 g/mol. The first-order valence-electron chi connectivity index (χ1n) is 3.23. The van der Waals surface area contributed by atoms with Crippen LogP contribution in [0.25, 0.3) is 11.0 Å². The average Bonchev–Trinajstić information content (AvgIpc) is 2.35. The van der Waals surface area contributed by atoms with Crippen molar-refractivity contribution in [1.82, 2.24) is 9.97 Å². The van der Waals surface area contributed by atoms with Crippen LogP contribution in [0.5, 0.6) is 0 Å². The van der Waals surface area contributed by atoms with Crippen LogP contribution in [0, 0.1) is 0 Å². The molecule has 0 aliphatic rings. The lowest BCUT2D eigenvalue weighted by Crippen LogP contribution is -1.99. The lowest BCUT2D eigenvalue weighted by atomic mass is 10.3. The molecule has 4 heteroatoms. The summed E-state index contributed by atoms with van der Waals surface area (Å²) >= 11 is 0. The number of anilines is 1. The normalized spacial score (nSPS) is 10.5. The van der Waals surface area contributed by atoms with Gasteiger partial charge < -0.3 is 15.7 Å². The van der Waals surface area contributed by atoms with E-state index in [2.05, 4.69) is 9.97 Å². The lowest BCUT2D eigenvalue weighted by molar-refractivity contribution is 1.38. The van der Waals surface area contributed by atoms with Crippen molar-refractivity contribution in [3.8, 4) is 0 Å². The molecule has 0 aliphatic heterocycles. The molecule has 2 heterocycles. The van der Waals surface area contributed by atoms with Crippen LogP contribution in [-0.4, -0.2) is 9.97 Å². The molecule has 2 aromatic rings. The Bertz CT molecular complexity index is 440. The average molecular weight is 149 g/mol. The fourth-order valence-corrected chi connectivity index (χ4v) is 1.07. The summed E-state index contributed by atoms with van der Waals surface area (Å²) in [6, 6.07) is 1.46. The lowest BCUT2D eigenvalue weighted by Gasteiger charge is -1.88.